The first-order valence-electron chi connectivity index (χ1n) is 3.32. The van der Waals surface area contributed by atoms with Gasteiger partial charge in [0.15, 0.2) is 0 Å². The Morgan fingerprint density at radius 3 is 2.70 bits per heavy atom. The summed E-state index contributed by atoms with van der Waals surface area (Å²) in [5.41, 5.74) is 0. The second-order valence-corrected chi connectivity index (χ2v) is 2.96. The molecule has 0 fully saturated rings. The van der Waals surface area contributed by atoms with Crippen LogP contribution in [0.4, 0.5) is 0 Å². The molecule has 0 unspecified atom stereocenters. The van der Waals surface area contributed by atoms with E-state index in [9.17, 15) is 0 Å². The maximum absolute atomic E-state index is 5.21. The van der Waals surface area contributed by atoms with Crippen LogP contribution in [0.3, 0.4) is 0 Å². The molecule has 56 valence electrons. The van der Waals surface area contributed by atoms with Crippen molar-refractivity contribution in [2.75, 3.05) is 5.75 Å². The Kier molecular flexibility index (Phi) is 2.74. The number of nitrogens with zero attached hydrogens (tertiary/aromatic N) is 2. The van der Waals surface area contributed by atoms with Crippen molar-refractivity contribution in [3.63, 3.8) is 0 Å². The van der Waals surface area contributed by atoms with Gasteiger partial charge in [0, 0.05) is 6.42 Å². The van der Waals surface area contributed by atoms with Crippen LogP contribution in [0.5, 0.6) is 0 Å². The summed E-state index contributed by atoms with van der Waals surface area (Å²) in [7, 11) is 0. The molecule has 1 aromatic rings. The first kappa shape index (κ1) is 7.60. The van der Waals surface area contributed by atoms with Crippen LogP contribution >= 0.6 is 11.8 Å². The van der Waals surface area contributed by atoms with Crippen molar-refractivity contribution in [2.45, 2.75) is 25.5 Å². The lowest BCUT2D eigenvalue weighted by Gasteiger charge is -1.84. The van der Waals surface area contributed by atoms with Gasteiger partial charge in [-0.25, -0.2) is 0 Å². The van der Waals surface area contributed by atoms with Crippen molar-refractivity contribution in [3.8, 4) is 0 Å². The van der Waals surface area contributed by atoms with Crippen molar-refractivity contribution < 1.29 is 4.42 Å². The zero-order chi connectivity index (χ0) is 7.40. The van der Waals surface area contributed by atoms with Crippen molar-refractivity contribution in [3.05, 3.63) is 5.89 Å². The van der Waals surface area contributed by atoms with Gasteiger partial charge in [0.05, 0.1) is 0 Å². The zero-order valence-corrected chi connectivity index (χ0v) is 6.94. The molecule has 0 aliphatic heterocycles. The van der Waals surface area contributed by atoms with Gasteiger partial charge in [0.25, 0.3) is 5.22 Å². The Labute approximate surface area is 64.2 Å². The molecule has 10 heavy (non-hydrogen) atoms. The largest absolute Gasteiger partial charge is 0.416 e. The molecular formula is C6H10N2OS. The van der Waals surface area contributed by atoms with E-state index in [-0.39, 0.29) is 0 Å². The molecule has 0 aliphatic rings. The first-order valence-corrected chi connectivity index (χ1v) is 4.30. The average molecular weight is 158 g/mol. The quantitative estimate of drug-likeness (QED) is 0.628. The fourth-order valence-corrected chi connectivity index (χ4v) is 1.06. The fraction of sp³-hybridized carbons (Fsp3) is 0.667. The minimum absolute atomic E-state index is 0.680. The Morgan fingerprint density at radius 1 is 1.40 bits per heavy atom. The van der Waals surface area contributed by atoms with E-state index in [0.29, 0.717) is 5.22 Å². The molecule has 1 aromatic heterocycles. The highest BCUT2D eigenvalue weighted by atomic mass is 32.2. The monoisotopic (exact) mass is 158 g/mol. The van der Waals surface area contributed by atoms with Crippen LogP contribution in [0.2, 0.25) is 0 Å². The minimum atomic E-state index is 0.680. The molecule has 1 rings (SSSR count). The summed E-state index contributed by atoms with van der Waals surface area (Å²) in [5, 5.41) is 8.32. The molecule has 3 nitrogen and oxygen atoms in total. The van der Waals surface area contributed by atoms with Gasteiger partial charge >= 0.3 is 0 Å². The standard InChI is InChI=1S/C6H10N2OS/c1-3-5-7-8-6(9-5)10-4-2/h3-4H2,1-2H3. The van der Waals surface area contributed by atoms with Crippen LogP contribution in [0.25, 0.3) is 0 Å². The molecule has 0 saturated carbocycles. The third kappa shape index (κ3) is 1.73. The molecule has 0 aliphatic carbocycles. The van der Waals surface area contributed by atoms with E-state index in [1.807, 2.05) is 6.92 Å². The normalized spacial score (nSPS) is 10.2. The van der Waals surface area contributed by atoms with Gasteiger partial charge in [-0.3, -0.25) is 0 Å². The van der Waals surface area contributed by atoms with Crippen LogP contribution in [0, 0.1) is 0 Å². The lowest BCUT2D eigenvalue weighted by atomic mass is 10.5. The SMILES string of the molecule is CCSc1nnc(CC)o1. The van der Waals surface area contributed by atoms with Gasteiger partial charge in [-0.05, 0) is 5.75 Å². The summed E-state index contributed by atoms with van der Waals surface area (Å²) in [6.45, 7) is 4.05. The molecule has 0 amide bonds. The molecule has 0 radical (unpaired) electrons. The van der Waals surface area contributed by atoms with E-state index in [0.717, 1.165) is 18.1 Å². The van der Waals surface area contributed by atoms with Crippen molar-refractivity contribution in [1.29, 1.82) is 0 Å². The highest BCUT2D eigenvalue weighted by molar-refractivity contribution is 7.99. The fourth-order valence-electron chi connectivity index (χ4n) is 0.563. The van der Waals surface area contributed by atoms with Crippen LogP contribution in [-0.4, -0.2) is 16.0 Å². The third-order valence-electron chi connectivity index (χ3n) is 1.02. The average Bonchev–Trinajstić information content (AvgIpc) is 2.37. The number of hydrogen-bond acceptors (Lipinski definition) is 4. The van der Waals surface area contributed by atoms with E-state index in [2.05, 4.69) is 17.1 Å². The van der Waals surface area contributed by atoms with Crippen LogP contribution < -0.4 is 0 Å². The number of hydrogen-bond donors (Lipinski definition) is 0. The van der Waals surface area contributed by atoms with E-state index < -0.39 is 0 Å². The number of thioether (sulfide) groups is 1. The predicted octanol–water partition coefficient (Wildman–Crippen LogP) is 1.74. The lowest BCUT2D eigenvalue weighted by molar-refractivity contribution is 0.417. The second kappa shape index (κ2) is 3.61. The highest BCUT2D eigenvalue weighted by Gasteiger charge is 2.01. The summed E-state index contributed by atoms with van der Waals surface area (Å²) in [5.74, 6) is 1.70. The molecular weight excluding hydrogens is 148 g/mol. The molecule has 1 heterocycles. The maximum atomic E-state index is 5.21. The van der Waals surface area contributed by atoms with Gasteiger partial charge in [-0.1, -0.05) is 25.6 Å². The molecule has 0 aromatic carbocycles. The van der Waals surface area contributed by atoms with Crippen molar-refractivity contribution in [1.82, 2.24) is 10.2 Å². The first-order chi connectivity index (χ1) is 4.86. The Bertz CT molecular complexity index is 199. The third-order valence-corrected chi connectivity index (χ3v) is 1.72. The molecule has 0 saturated heterocycles. The molecule has 4 heteroatoms. The molecule has 0 atom stereocenters. The van der Waals surface area contributed by atoms with E-state index >= 15 is 0 Å². The summed E-state index contributed by atoms with van der Waals surface area (Å²) in [4.78, 5) is 0. The van der Waals surface area contributed by atoms with E-state index in [4.69, 9.17) is 4.42 Å². The smallest absolute Gasteiger partial charge is 0.276 e. The van der Waals surface area contributed by atoms with E-state index in [1.54, 1.807) is 11.8 Å². The van der Waals surface area contributed by atoms with Crippen LogP contribution in [-0.2, 0) is 6.42 Å². The lowest BCUT2D eigenvalue weighted by Crippen LogP contribution is -1.76. The van der Waals surface area contributed by atoms with Crippen LogP contribution in [0.15, 0.2) is 9.64 Å². The Balaban J connectivity index is 2.59. The summed E-state index contributed by atoms with van der Waals surface area (Å²) in [6.07, 6.45) is 0.817. The highest BCUT2D eigenvalue weighted by Crippen LogP contribution is 2.14. The van der Waals surface area contributed by atoms with Gasteiger partial charge in [0.1, 0.15) is 0 Å². The summed E-state index contributed by atoms with van der Waals surface area (Å²) >= 11 is 1.57. The minimum Gasteiger partial charge on any atom is -0.416 e. The number of rotatable bonds is 3. The molecule has 0 N–H and O–H groups in total. The topological polar surface area (TPSA) is 38.9 Å². The number of aryl methyl sites for hydroxylation is 1. The molecule has 0 bridgehead atoms. The van der Waals surface area contributed by atoms with Gasteiger partial charge in [-0.15, -0.1) is 10.2 Å². The van der Waals surface area contributed by atoms with Gasteiger partial charge in [-0.2, -0.15) is 0 Å². The van der Waals surface area contributed by atoms with Crippen molar-refractivity contribution >= 4 is 11.8 Å². The molecule has 0 spiro atoms. The van der Waals surface area contributed by atoms with Gasteiger partial charge in [0.2, 0.25) is 5.89 Å². The maximum Gasteiger partial charge on any atom is 0.276 e. The Hall–Kier alpha value is -0.510. The van der Waals surface area contributed by atoms with Crippen LogP contribution in [0.1, 0.15) is 19.7 Å². The van der Waals surface area contributed by atoms with E-state index in [1.165, 1.54) is 0 Å². The summed E-state index contributed by atoms with van der Waals surface area (Å²) in [6, 6.07) is 0. The second-order valence-electron chi connectivity index (χ2n) is 1.75. The van der Waals surface area contributed by atoms with Gasteiger partial charge < -0.3 is 4.42 Å². The zero-order valence-electron chi connectivity index (χ0n) is 6.13. The predicted molar refractivity (Wildman–Crippen MR) is 40.1 cm³/mol. The van der Waals surface area contributed by atoms with Crippen molar-refractivity contribution in [2.24, 2.45) is 0 Å². The summed E-state index contributed by atoms with van der Waals surface area (Å²) < 4.78 is 5.21. The number of aromatic nitrogens is 2. The Morgan fingerprint density at radius 2 is 2.20 bits per heavy atom.